The molecule has 0 spiro atoms. The molecule has 1 aromatic rings. The van der Waals surface area contributed by atoms with Crippen LogP contribution in [0, 0.1) is 5.92 Å². The Bertz CT molecular complexity index is 316. The van der Waals surface area contributed by atoms with E-state index in [9.17, 15) is 4.79 Å². The maximum absolute atomic E-state index is 11.0. The third-order valence-electron chi connectivity index (χ3n) is 2.30. The van der Waals surface area contributed by atoms with Crippen LogP contribution in [0.3, 0.4) is 0 Å². The Kier molecular flexibility index (Phi) is 5.34. The highest BCUT2D eigenvalue weighted by molar-refractivity contribution is 7.80. The number of hydrogen-bond donors (Lipinski definition) is 4. The van der Waals surface area contributed by atoms with Gasteiger partial charge in [-0.05, 0) is 18.2 Å². The molecule has 1 aromatic heterocycles. The van der Waals surface area contributed by atoms with Gasteiger partial charge in [0, 0.05) is 18.3 Å². The quantitative estimate of drug-likeness (QED) is 0.528. The Labute approximate surface area is 100 Å². The fourth-order valence-electron chi connectivity index (χ4n) is 1.27. The highest BCUT2D eigenvalue weighted by atomic mass is 32.1. The molecule has 1 heterocycles. The van der Waals surface area contributed by atoms with Gasteiger partial charge in [0.05, 0.1) is 6.33 Å². The van der Waals surface area contributed by atoms with Gasteiger partial charge < -0.3 is 15.4 Å². The maximum Gasteiger partial charge on any atom is 0.321 e. The van der Waals surface area contributed by atoms with Crippen molar-refractivity contribution in [3.8, 4) is 0 Å². The molecule has 5 nitrogen and oxygen atoms in total. The summed E-state index contributed by atoms with van der Waals surface area (Å²) < 4.78 is 0. The fourth-order valence-corrected chi connectivity index (χ4v) is 1.40. The second-order valence-electron chi connectivity index (χ2n) is 3.87. The molecule has 2 atom stereocenters. The number of imidazole rings is 1. The largest absolute Gasteiger partial charge is 0.480 e. The lowest BCUT2D eigenvalue weighted by Crippen LogP contribution is -2.41. The molecule has 0 aromatic carbocycles. The molecule has 0 amide bonds. The zero-order chi connectivity index (χ0) is 12.0. The van der Waals surface area contributed by atoms with Crippen molar-refractivity contribution in [2.45, 2.75) is 19.4 Å². The van der Waals surface area contributed by atoms with Crippen molar-refractivity contribution in [3.63, 3.8) is 0 Å². The number of carboxylic acid groups (broad SMARTS) is 1. The second kappa shape index (κ2) is 6.55. The number of aliphatic carboxylic acids is 1. The normalized spacial score (nSPS) is 14.6. The number of nitrogens with zero attached hydrogens (tertiary/aromatic N) is 1. The average Bonchev–Trinajstić information content (AvgIpc) is 2.75. The summed E-state index contributed by atoms with van der Waals surface area (Å²) in [7, 11) is 0. The van der Waals surface area contributed by atoms with E-state index in [1.165, 1.54) is 0 Å². The summed E-state index contributed by atoms with van der Waals surface area (Å²) in [6.07, 6.45) is 3.60. The van der Waals surface area contributed by atoms with Crippen LogP contribution < -0.4 is 5.32 Å². The molecule has 0 bridgehead atoms. The van der Waals surface area contributed by atoms with E-state index in [0.29, 0.717) is 18.9 Å². The summed E-state index contributed by atoms with van der Waals surface area (Å²) in [6.45, 7) is 2.67. The van der Waals surface area contributed by atoms with Gasteiger partial charge in [0.1, 0.15) is 6.04 Å². The summed E-state index contributed by atoms with van der Waals surface area (Å²) in [5.74, 6) is 0.247. The molecule has 0 radical (unpaired) electrons. The predicted octanol–water partition coefficient (Wildman–Crippen LogP) is 0.561. The van der Waals surface area contributed by atoms with Crippen LogP contribution in [0.4, 0.5) is 0 Å². The first kappa shape index (κ1) is 13.1. The van der Waals surface area contributed by atoms with Gasteiger partial charge in [-0.25, -0.2) is 4.98 Å². The van der Waals surface area contributed by atoms with E-state index in [2.05, 4.69) is 27.9 Å². The number of aromatic nitrogens is 2. The van der Waals surface area contributed by atoms with Crippen molar-refractivity contribution in [1.29, 1.82) is 0 Å². The number of aromatic amines is 1. The first-order chi connectivity index (χ1) is 7.63. The van der Waals surface area contributed by atoms with Crippen LogP contribution in [0.2, 0.25) is 0 Å². The molecule has 1 rings (SSSR count). The lowest BCUT2D eigenvalue weighted by molar-refractivity contribution is -0.139. The van der Waals surface area contributed by atoms with E-state index in [-0.39, 0.29) is 0 Å². The molecule has 0 saturated heterocycles. The number of hydrogen-bond acceptors (Lipinski definition) is 4. The molecule has 90 valence electrons. The highest BCUT2D eigenvalue weighted by Crippen LogP contribution is 2.01. The van der Waals surface area contributed by atoms with Crippen molar-refractivity contribution in [2.24, 2.45) is 5.92 Å². The summed E-state index contributed by atoms with van der Waals surface area (Å²) >= 11 is 4.16. The summed E-state index contributed by atoms with van der Waals surface area (Å²) in [6, 6.07) is -0.581. The van der Waals surface area contributed by atoms with E-state index in [1.807, 2.05) is 6.92 Å². The number of nitrogens with one attached hydrogen (secondary N) is 2. The topological polar surface area (TPSA) is 78.0 Å². The number of H-pyrrole nitrogens is 1. The fraction of sp³-hybridized carbons (Fsp3) is 0.600. The smallest absolute Gasteiger partial charge is 0.321 e. The van der Waals surface area contributed by atoms with Crippen LogP contribution in [-0.4, -0.2) is 39.4 Å². The minimum absolute atomic E-state index is 0.354. The number of carboxylic acids is 1. The van der Waals surface area contributed by atoms with Gasteiger partial charge >= 0.3 is 5.97 Å². The first-order valence-corrected chi connectivity index (χ1v) is 5.81. The SMILES string of the molecule is CC(CS)CNC(Cc1cnc[nH]1)C(=O)O. The van der Waals surface area contributed by atoms with Crippen LogP contribution in [0.5, 0.6) is 0 Å². The molecule has 0 saturated carbocycles. The van der Waals surface area contributed by atoms with Crippen molar-refractivity contribution in [1.82, 2.24) is 15.3 Å². The number of thiol groups is 1. The lowest BCUT2D eigenvalue weighted by atomic mass is 10.1. The third-order valence-corrected chi connectivity index (χ3v) is 2.92. The van der Waals surface area contributed by atoms with Crippen molar-refractivity contribution < 1.29 is 9.90 Å². The Morgan fingerprint density at radius 1 is 1.75 bits per heavy atom. The Balaban J connectivity index is 2.45. The van der Waals surface area contributed by atoms with Gasteiger partial charge in [-0.15, -0.1) is 0 Å². The zero-order valence-electron chi connectivity index (χ0n) is 9.18. The van der Waals surface area contributed by atoms with Crippen molar-refractivity contribution >= 4 is 18.6 Å². The van der Waals surface area contributed by atoms with Gasteiger partial charge in [-0.3, -0.25) is 4.79 Å². The zero-order valence-corrected chi connectivity index (χ0v) is 10.1. The van der Waals surface area contributed by atoms with Crippen molar-refractivity contribution in [2.75, 3.05) is 12.3 Å². The number of rotatable bonds is 7. The molecule has 0 fully saturated rings. The summed E-state index contributed by atoms with van der Waals surface area (Å²) in [5.41, 5.74) is 0.818. The van der Waals surface area contributed by atoms with Crippen LogP contribution in [0.15, 0.2) is 12.5 Å². The van der Waals surface area contributed by atoms with E-state index in [1.54, 1.807) is 12.5 Å². The van der Waals surface area contributed by atoms with Gasteiger partial charge in [0.25, 0.3) is 0 Å². The van der Waals surface area contributed by atoms with E-state index in [0.717, 1.165) is 11.4 Å². The third kappa shape index (κ3) is 4.24. The Morgan fingerprint density at radius 2 is 2.50 bits per heavy atom. The van der Waals surface area contributed by atoms with Gasteiger partial charge in [0.2, 0.25) is 0 Å². The lowest BCUT2D eigenvalue weighted by Gasteiger charge is -2.16. The maximum atomic E-state index is 11.0. The molecule has 2 unspecified atom stereocenters. The minimum atomic E-state index is -0.846. The van der Waals surface area contributed by atoms with Crippen LogP contribution in [-0.2, 0) is 11.2 Å². The molecule has 0 aliphatic rings. The van der Waals surface area contributed by atoms with E-state index >= 15 is 0 Å². The standard InChI is InChI=1S/C10H17N3O2S/c1-7(5-16)3-12-9(10(14)15)2-8-4-11-6-13-8/h4,6-7,9,12,16H,2-3,5H2,1H3,(H,11,13)(H,14,15). The molecule has 3 N–H and O–H groups in total. The molecule has 0 aliphatic carbocycles. The van der Waals surface area contributed by atoms with Crippen LogP contribution in [0.25, 0.3) is 0 Å². The highest BCUT2D eigenvalue weighted by Gasteiger charge is 2.18. The summed E-state index contributed by atoms with van der Waals surface area (Å²) in [4.78, 5) is 17.8. The average molecular weight is 243 g/mol. The molecule has 16 heavy (non-hydrogen) atoms. The van der Waals surface area contributed by atoms with Crippen molar-refractivity contribution in [3.05, 3.63) is 18.2 Å². The van der Waals surface area contributed by atoms with Gasteiger partial charge in [-0.1, -0.05) is 6.92 Å². The minimum Gasteiger partial charge on any atom is -0.480 e. The Morgan fingerprint density at radius 3 is 3.00 bits per heavy atom. The Hall–Kier alpha value is -1.01. The van der Waals surface area contributed by atoms with E-state index in [4.69, 9.17) is 5.11 Å². The first-order valence-electron chi connectivity index (χ1n) is 5.17. The number of carbonyl (C=O) groups is 1. The monoisotopic (exact) mass is 243 g/mol. The van der Waals surface area contributed by atoms with Gasteiger partial charge in [0.15, 0.2) is 0 Å². The molecule has 0 aliphatic heterocycles. The van der Waals surface area contributed by atoms with E-state index < -0.39 is 12.0 Å². The second-order valence-corrected chi connectivity index (χ2v) is 4.23. The van der Waals surface area contributed by atoms with Crippen LogP contribution in [0.1, 0.15) is 12.6 Å². The molecular weight excluding hydrogens is 226 g/mol. The van der Waals surface area contributed by atoms with Gasteiger partial charge in [-0.2, -0.15) is 12.6 Å². The summed E-state index contributed by atoms with van der Waals surface area (Å²) in [5, 5.41) is 12.1. The predicted molar refractivity (Wildman–Crippen MR) is 64.7 cm³/mol. The van der Waals surface area contributed by atoms with Crippen LogP contribution >= 0.6 is 12.6 Å². The molecule has 6 heteroatoms. The molecular formula is C10H17N3O2S.